The number of hydrogen-bond donors (Lipinski definition) is 1. The average Bonchev–Trinajstić information content (AvgIpc) is 3.04. The quantitative estimate of drug-likeness (QED) is 0.870. The van der Waals surface area contributed by atoms with E-state index in [1.807, 2.05) is 10.7 Å². The van der Waals surface area contributed by atoms with E-state index in [4.69, 9.17) is 10.2 Å². The maximum Gasteiger partial charge on any atom is 0.108 e. The van der Waals surface area contributed by atoms with Gasteiger partial charge in [-0.05, 0) is 25.5 Å². The van der Waals surface area contributed by atoms with Crippen molar-refractivity contribution >= 4 is 0 Å². The highest BCUT2D eigenvalue weighted by molar-refractivity contribution is 5.23. The Hall–Kier alpha value is -1.55. The van der Waals surface area contributed by atoms with Crippen molar-refractivity contribution in [2.45, 2.75) is 52.6 Å². The van der Waals surface area contributed by atoms with Gasteiger partial charge < -0.3 is 10.2 Å². The van der Waals surface area contributed by atoms with Crippen LogP contribution in [0.25, 0.3) is 0 Å². The first kappa shape index (κ1) is 13.9. The second kappa shape index (κ2) is 6.06. The monoisotopic (exact) mass is 261 g/mol. The molecule has 4 heteroatoms. The van der Waals surface area contributed by atoms with Crippen molar-refractivity contribution in [2.75, 3.05) is 0 Å². The molecule has 1 atom stereocenters. The molecule has 0 fully saturated rings. The van der Waals surface area contributed by atoms with E-state index in [2.05, 4.69) is 31.9 Å². The molecule has 0 aliphatic rings. The molecule has 2 N–H and O–H groups in total. The van der Waals surface area contributed by atoms with E-state index in [1.54, 1.807) is 6.26 Å². The van der Waals surface area contributed by atoms with Crippen molar-refractivity contribution in [2.24, 2.45) is 5.73 Å². The lowest BCUT2D eigenvalue weighted by atomic mass is 10.0. The van der Waals surface area contributed by atoms with E-state index in [9.17, 15) is 0 Å². The molecular weight excluding hydrogens is 238 g/mol. The van der Waals surface area contributed by atoms with E-state index in [1.165, 1.54) is 5.69 Å². The van der Waals surface area contributed by atoms with Gasteiger partial charge in [-0.3, -0.25) is 4.68 Å². The highest BCUT2D eigenvalue weighted by Crippen LogP contribution is 2.22. The summed E-state index contributed by atoms with van der Waals surface area (Å²) in [6, 6.07) is 4.12. The van der Waals surface area contributed by atoms with Crippen LogP contribution >= 0.6 is 0 Å². The van der Waals surface area contributed by atoms with Crippen LogP contribution in [0.5, 0.6) is 0 Å². The van der Waals surface area contributed by atoms with Crippen LogP contribution in [0, 0.1) is 0 Å². The fraction of sp³-hybridized carbons (Fsp3) is 0.533. The molecule has 104 valence electrons. The standard InChI is InChI=1S/C15H23N3O/c1-4-11-9-12(18(6-3)17-11)10-14(16)13-7-8-19-15(13)5-2/h7-9,14H,4-6,10,16H2,1-3H3. The van der Waals surface area contributed by atoms with Crippen LogP contribution in [-0.4, -0.2) is 9.78 Å². The summed E-state index contributed by atoms with van der Waals surface area (Å²) >= 11 is 0. The fourth-order valence-corrected chi connectivity index (χ4v) is 2.43. The maximum absolute atomic E-state index is 6.32. The van der Waals surface area contributed by atoms with Crippen LogP contribution in [-0.2, 0) is 25.8 Å². The highest BCUT2D eigenvalue weighted by atomic mass is 16.3. The zero-order chi connectivity index (χ0) is 13.8. The van der Waals surface area contributed by atoms with Crippen LogP contribution in [0.4, 0.5) is 0 Å². The lowest BCUT2D eigenvalue weighted by Gasteiger charge is -2.12. The summed E-state index contributed by atoms with van der Waals surface area (Å²) in [4.78, 5) is 0. The predicted molar refractivity (Wildman–Crippen MR) is 76.0 cm³/mol. The third-order valence-corrected chi connectivity index (χ3v) is 3.51. The lowest BCUT2D eigenvalue weighted by molar-refractivity contribution is 0.503. The molecule has 19 heavy (non-hydrogen) atoms. The third kappa shape index (κ3) is 2.89. The molecule has 0 amide bonds. The van der Waals surface area contributed by atoms with Gasteiger partial charge in [-0.2, -0.15) is 5.10 Å². The normalized spacial score (nSPS) is 12.8. The molecule has 0 bridgehead atoms. The van der Waals surface area contributed by atoms with E-state index >= 15 is 0 Å². The topological polar surface area (TPSA) is 57.0 Å². The molecule has 2 rings (SSSR count). The second-order valence-electron chi connectivity index (χ2n) is 4.76. The second-order valence-corrected chi connectivity index (χ2v) is 4.76. The van der Waals surface area contributed by atoms with Crippen molar-refractivity contribution < 1.29 is 4.42 Å². The van der Waals surface area contributed by atoms with Crippen LogP contribution in [0.3, 0.4) is 0 Å². The maximum atomic E-state index is 6.32. The summed E-state index contributed by atoms with van der Waals surface area (Å²) in [5, 5.41) is 4.56. The summed E-state index contributed by atoms with van der Waals surface area (Å²) in [7, 11) is 0. The van der Waals surface area contributed by atoms with Crippen LogP contribution in [0.1, 0.15) is 49.5 Å². The van der Waals surface area contributed by atoms with Crippen LogP contribution in [0.15, 0.2) is 22.8 Å². The summed E-state index contributed by atoms with van der Waals surface area (Å²) in [5.41, 5.74) is 9.77. The third-order valence-electron chi connectivity index (χ3n) is 3.51. The first-order chi connectivity index (χ1) is 9.19. The zero-order valence-corrected chi connectivity index (χ0v) is 12.0. The molecule has 0 aliphatic carbocycles. The first-order valence-corrected chi connectivity index (χ1v) is 7.06. The van der Waals surface area contributed by atoms with Gasteiger partial charge in [0, 0.05) is 36.7 Å². The Morgan fingerprint density at radius 1 is 1.32 bits per heavy atom. The molecule has 4 nitrogen and oxygen atoms in total. The molecule has 1 unspecified atom stereocenters. The fourth-order valence-electron chi connectivity index (χ4n) is 2.43. The Kier molecular flexibility index (Phi) is 4.43. The molecule has 2 aromatic heterocycles. The minimum Gasteiger partial charge on any atom is -0.469 e. The van der Waals surface area contributed by atoms with Gasteiger partial charge in [0.05, 0.1) is 12.0 Å². The van der Waals surface area contributed by atoms with Crippen LogP contribution in [0.2, 0.25) is 0 Å². The molecule has 0 spiro atoms. The summed E-state index contributed by atoms with van der Waals surface area (Å²) in [6.07, 6.45) is 4.36. The SMILES string of the molecule is CCc1cc(CC(N)c2ccoc2CC)n(CC)n1. The minimum absolute atomic E-state index is 0.0274. The molecule has 2 aromatic rings. The number of hydrogen-bond acceptors (Lipinski definition) is 3. The number of nitrogens with zero attached hydrogens (tertiary/aromatic N) is 2. The van der Waals surface area contributed by atoms with Gasteiger partial charge in [-0.1, -0.05) is 13.8 Å². The number of aryl methyl sites for hydroxylation is 3. The Morgan fingerprint density at radius 3 is 2.74 bits per heavy atom. The van der Waals surface area contributed by atoms with Gasteiger partial charge in [0.2, 0.25) is 0 Å². The predicted octanol–water partition coefficient (Wildman–Crippen LogP) is 2.86. The summed E-state index contributed by atoms with van der Waals surface area (Å²) in [6.45, 7) is 7.20. The minimum atomic E-state index is -0.0274. The number of nitrogens with two attached hydrogens (primary N) is 1. The summed E-state index contributed by atoms with van der Waals surface area (Å²) in [5.74, 6) is 0.991. The van der Waals surface area contributed by atoms with Crippen molar-refractivity contribution in [3.63, 3.8) is 0 Å². The van der Waals surface area contributed by atoms with E-state index in [0.717, 1.165) is 42.8 Å². The number of furan rings is 1. The molecule has 0 aromatic carbocycles. The molecule has 0 saturated heterocycles. The van der Waals surface area contributed by atoms with Gasteiger partial charge in [-0.15, -0.1) is 0 Å². The lowest BCUT2D eigenvalue weighted by Crippen LogP contribution is -2.16. The Bertz CT molecular complexity index is 527. The Morgan fingerprint density at radius 2 is 2.11 bits per heavy atom. The van der Waals surface area contributed by atoms with E-state index in [-0.39, 0.29) is 6.04 Å². The average molecular weight is 261 g/mol. The molecule has 2 heterocycles. The zero-order valence-electron chi connectivity index (χ0n) is 12.0. The van der Waals surface area contributed by atoms with Crippen molar-refractivity contribution in [3.05, 3.63) is 41.1 Å². The van der Waals surface area contributed by atoms with Gasteiger partial charge in [-0.25, -0.2) is 0 Å². The first-order valence-electron chi connectivity index (χ1n) is 7.06. The van der Waals surface area contributed by atoms with Gasteiger partial charge in [0.1, 0.15) is 5.76 Å². The van der Waals surface area contributed by atoms with Crippen molar-refractivity contribution in [3.8, 4) is 0 Å². The molecule has 0 aliphatic heterocycles. The van der Waals surface area contributed by atoms with E-state index in [0.29, 0.717) is 0 Å². The van der Waals surface area contributed by atoms with E-state index < -0.39 is 0 Å². The van der Waals surface area contributed by atoms with Crippen molar-refractivity contribution in [1.82, 2.24) is 9.78 Å². The molecule has 0 radical (unpaired) electrons. The number of rotatable bonds is 6. The van der Waals surface area contributed by atoms with Crippen LogP contribution < -0.4 is 5.73 Å². The number of aromatic nitrogens is 2. The van der Waals surface area contributed by atoms with Gasteiger partial charge in [0.25, 0.3) is 0 Å². The summed E-state index contributed by atoms with van der Waals surface area (Å²) < 4.78 is 7.50. The Balaban J connectivity index is 2.18. The smallest absolute Gasteiger partial charge is 0.108 e. The van der Waals surface area contributed by atoms with Gasteiger partial charge >= 0.3 is 0 Å². The molecular formula is C15H23N3O. The molecule has 0 saturated carbocycles. The van der Waals surface area contributed by atoms with Crippen molar-refractivity contribution in [1.29, 1.82) is 0 Å². The highest BCUT2D eigenvalue weighted by Gasteiger charge is 2.16. The largest absolute Gasteiger partial charge is 0.469 e. The van der Waals surface area contributed by atoms with Gasteiger partial charge in [0.15, 0.2) is 0 Å². The Labute approximate surface area is 114 Å².